The molecule has 2 N–H and O–H groups in total. The second-order valence-corrected chi connectivity index (χ2v) is 13.5. The Hall–Kier alpha value is -3.83. The molecule has 2 heterocycles. The lowest BCUT2D eigenvalue weighted by Gasteiger charge is -2.21. The van der Waals surface area contributed by atoms with Crippen molar-refractivity contribution in [2.75, 3.05) is 24.7 Å². The third kappa shape index (κ3) is 7.28. The maximum absolute atomic E-state index is 12.5. The Balaban J connectivity index is 1.46. The molecule has 0 aliphatic rings. The lowest BCUT2D eigenvalue weighted by Crippen LogP contribution is -2.48. The van der Waals surface area contributed by atoms with Gasteiger partial charge in [-0.1, -0.05) is 31.5 Å². The number of ether oxygens (including phenoxy) is 2. The number of hydrogen-bond acceptors (Lipinski definition) is 8. The number of fused-ring (bicyclic) bond motifs is 1. The highest BCUT2D eigenvalue weighted by Gasteiger charge is 2.38. The summed E-state index contributed by atoms with van der Waals surface area (Å²) in [7, 11) is -3.57. The number of benzene rings is 2. The lowest BCUT2D eigenvalue weighted by atomic mass is 10.2. The number of nitrogens with one attached hydrogen (secondary N) is 2. The van der Waals surface area contributed by atoms with Crippen LogP contribution in [-0.2, 0) is 21.2 Å². The van der Waals surface area contributed by atoms with Gasteiger partial charge in [-0.05, 0) is 56.2 Å². The Morgan fingerprint density at radius 1 is 1.10 bits per heavy atom. The van der Waals surface area contributed by atoms with Crippen molar-refractivity contribution in [2.24, 2.45) is 5.92 Å². The summed E-state index contributed by atoms with van der Waals surface area (Å²) in [6.45, 7) is 8.16. The predicted octanol–water partition coefficient (Wildman–Crippen LogP) is 5.59. The molecule has 0 fully saturated rings. The van der Waals surface area contributed by atoms with E-state index in [0.717, 1.165) is 17.5 Å². The smallest absolute Gasteiger partial charge is 0.240 e. The van der Waals surface area contributed by atoms with Crippen molar-refractivity contribution in [3.05, 3.63) is 66.1 Å². The maximum Gasteiger partial charge on any atom is 0.240 e. The number of hydrogen-bond donors (Lipinski definition) is 2. The Morgan fingerprint density at radius 2 is 1.85 bits per heavy atom. The van der Waals surface area contributed by atoms with Crippen molar-refractivity contribution in [2.45, 2.75) is 39.0 Å². The molecule has 0 radical (unpaired) electrons. The largest absolute Gasteiger partial charge is 0.493 e. The van der Waals surface area contributed by atoms with Crippen molar-refractivity contribution in [1.29, 1.82) is 0 Å². The van der Waals surface area contributed by atoms with Crippen LogP contribution in [0.2, 0.25) is 5.02 Å². The normalized spacial score (nSPS) is 12.0. The first kappa shape index (κ1) is 30.1. The summed E-state index contributed by atoms with van der Waals surface area (Å²) in [5.41, 5.74) is 2.11. The molecule has 10 nitrogen and oxygen atoms in total. The monoisotopic (exact) mass is 599 g/mol. The molecule has 0 aliphatic carbocycles. The van der Waals surface area contributed by atoms with E-state index in [4.69, 9.17) is 21.1 Å². The van der Waals surface area contributed by atoms with Crippen molar-refractivity contribution < 1.29 is 22.7 Å². The Bertz CT molecular complexity index is 1650. The molecular formula is C29H34ClN5O5S. The molecule has 0 saturated heterocycles. The topological polar surface area (TPSA) is 124 Å². The number of carbonyl (C=O) groups excluding carboxylic acids is 1. The van der Waals surface area contributed by atoms with Crippen LogP contribution in [0.4, 0.5) is 11.5 Å². The number of aromatic nitrogens is 3. The van der Waals surface area contributed by atoms with Crippen LogP contribution in [0, 0.1) is 5.92 Å². The van der Waals surface area contributed by atoms with Crippen molar-refractivity contribution in [3.8, 4) is 17.2 Å². The first-order chi connectivity index (χ1) is 19.3. The zero-order chi connectivity index (χ0) is 29.8. The number of sulfone groups is 1. The molecule has 4 aromatic rings. The quantitative estimate of drug-likeness (QED) is 0.216. The van der Waals surface area contributed by atoms with Gasteiger partial charge in [-0.25, -0.2) is 18.4 Å². The number of anilines is 2. The van der Waals surface area contributed by atoms with E-state index in [1.165, 1.54) is 20.2 Å². The van der Waals surface area contributed by atoms with Crippen molar-refractivity contribution in [3.63, 3.8) is 0 Å². The number of nitrogens with zero attached hydrogens (tertiary/aromatic N) is 3. The lowest BCUT2D eigenvalue weighted by molar-refractivity contribution is -0.122. The minimum absolute atomic E-state index is 0.220. The Morgan fingerprint density at radius 3 is 2.56 bits per heavy atom. The average molecular weight is 600 g/mol. The fourth-order valence-corrected chi connectivity index (χ4v) is 4.43. The molecule has 0 spiro atoms. The molecule has 41 heavy (non-hydrogen) atoms. The van der Waals surface area contributed by atoms with Gasteiger partial charge in [0, 0.05) is 37.3 Å². The molecule has 4 rings (SSSR count). The second kappa shape index (κ2) is 12.4. The summed E-state index contributed by atoms with van der Waals surface area (Å²) < 4.78 is 36.1. The van der Waals surface area contributed by atoms with E-state index in [1.54, 1.807) is 12.1 Å². The summed E-state index contributed by atoms with van der Waals surface area (Å²) in [6.07, 6.45) is 4.34. The first-order valence-corrected chi connectivity index (χ1v) is 15.4. The summed E-state index contributed by atoms with van der Waals surface area (Å²) in [6, 6.07) is 14.6. The summed E-state index contributed by atoms with van der Waals surface area (Å²) in [5.74, 6) is 2.21. The van der Waals surface area contributed by atoms with Crippen LogP contribution < -0.4 is 20.1 Å². The molecule has 0 aliphatic heterocycles. The van der Waals surface area contributed by atoms with Gasteiger partial charge in [0.05, 0.1) is 17.1 Å². The van der Waals surface area contributed by atoms with Gasteiger partial charge in [0.25, 0.3) is 0 Å². The molecule has 2 aromatic carbocycles. The average Bonchev–Trinajstić information content (AvgIpc) is 3.32. The highest BCUT2D eigenvalue weighted by molar-refractivity contribution is 7.92. The second-order valence-electron chi connectivity index (χ2n) is 10.6. The van der Waals surface area contributed by atoms with Crippen LogP contribution in [0.5, 0.6) is 17.2 Å². The number of rotatable bonds is 12. The molecule has 218 valence electrons. The van der Waals surface area contributed by atoms with E-state index >= 15 is 0 Å². The Labute approximate surface area is 245 Å². The molecule has 12 heteroatoms. The summed E-state index contributed by atoms with van der Waals surface area (Å²) in [4.78, 5) is 21.2. The van der Waals surface area contributed by atoms with Gasteiger partial charge in [0.15, 0.2) is 15.7 Å². The van der Waals surface area contributed by atoms with E-state index in [2.05, 4.69) is 34.4 Å². The third-order valence-electron chi connectivity index (χ3n) is 6.47. The zero-order valence-corrected chi connectivity index (χ0v) is 25.2. The number of halogens is 1. The SMILES string of the molecule is CC(C)COc1cccc(Oc2ccc(Nc3ncnc4ccn(CCNC(=O)C(C)(C)S(C)(=O)=O)c34)cc2Cl)c1. The molecular weight excluding hydrogens is 566 g/mol. The van der Waals surface area contributed by atoms with Crippen molar-refractivity contribution in [1.82, 2.24) is 19.9 Å². The van der Waals surface area contributed by atoms with Crippen LogP contribution in [0.3, 0.4) is 0 Å². The van der Waals surface area contributed by atoms with Gasteiger partial charge in [-0.15, -0.1) is 0 Å². The Kier molecular flexibility index (Phi) is 9.08. The minimum atomic E-state index is -3.57. The van der Waals surface area contributed by atoms with Gasteiger partial charge in [0.1, 0.15) is 33.8 Å². The molecule has 1 amide bonds. The van der Waals surface area contributed by atoms with Crippen LogP contribution in [0.25, 0.3) is 11.0 Å². The molecule has 2 aromatic heterocycles. The fourth-order valence-electron chi connectivity index (χ4n) is 3.80. The molecule has 0 unspecified atom stereocenters. The number of amides is 1. The highest BCUT2D eigenvalue weighted by Crippen LogP contribution is 2.34. The molecule has 0 saturated carbocycles. The third-order valence-corrected chi connectivity index (χ3v) is 8.81. The van der Waals surface area contributed by atoms with E-state index in [9.17, 15) is 13.2 Å². The van der Waals surface area contributed by atoms with E-state index in [1.807, 2.05) is 47.2 Å². The van der Waals surface area contributed by atoms with Gasteiger partial charge < -0.3 is 24.7 Å². The van der Waals surface area contributed by atoms with E-state index in [-0.39, 0.29) is 6.54 Å². The van der Waals surface area contributed by atoms with Crippen molar-refractivity contribution >= 4 is 49.9 Å². The van der Waals surface area contributed by atoms with Crippen LogP contribution in [-0.4, -0.2) is 53.0 Å². The van der Waals surface area contributed by atoms with E-state index in [0.29, 0.717) is 52.6 Å². The number of carbonyl (C=O) groups is 1. The van der Waals surface area contributed by atoms with Crippen LogP contribution in [0.1, 0.15) is 27.7 Å². The first-order valence-electron chi connectivity index (χ1n) is 13.1. The highest BCUT2D eigenvalue weighted by atomic mass is 35.5. The van der Waals surface area contributed by atoms with Gasteiger partial charge in [-0.2, -0.15) is 0 Å². The van der Waals surface area contributed by atoms with Gasteiger partial charge in [0.2, 0.25) is 5.91 Å². The fraction of sp³-hybridized carbons (Fsp3) is 0.345. The minimum Gasteiger partial charge on any atom is -0.493 e. The summed E-state index contributed by atoms with van der Waals surface area (Å²) in [5, 5.41) is 6.40. The van der Waals surface area contributed by atoms with Gasteiger partial charge in [-0.3, -0.25) is 4.79 Å². The van der Waals surface area contributed by atoms with Crippen LogP contribution >= 0.6 is 11.6 Å². The maximum atomic E-state index is 12.5. The van der Waals surface area contributed by atoms with Crippen LogP contribution in [0.15, 0.2) is 61.1 Å². The van der Waals surface area contributed by atoms with E-state index < -0.39 is 20.5 Å². The standard InChI is InChI=1S/C29H34ClN5O5S/c1-19(2)17-39-21-7-6-8-22(16-21)40-25-10-9-20(15-23(25)30)34-27-26-24(32-18-33-27)11-13-35(26)14-12-31-28(36)29(3,4)41(5,37)38/h6-11,13,15-16,18-19H,12,14,17H2,1-5H3,(H,31,36)(H,32,33,34). The zero-order valence-electron chi connectivity index (χ0n) is 23.6. The van der Waals surface area contributed by atoms with Gasteiger partial charge >= 0.3 is 0 Å². The molecule has 0 bridgehead atoms. The summed E-state index contributed by atoms with van der Waals surface area (Å²) >= 11 is 6.57. The molecule has 0 atom stereocenters. The predicted molar refractivity (Wildman–Crippen MR) is 161 cm³/mol.